The summed E-state index contributed by atoms with van der Waals surface area (Å²) in [6.45, 7) is 2.63. The van der Waals surface area contributed by atoms with Gasteiger partial charge in [-0.2, -0.15) is 0 Å². The van der Waals surface area contributed by atoms with Crippen LogP contribution in [0.3, 0.4) is 0 Å². The second-order valence-electron chi connectivity index (χ2n) is 6.82. The Kier molecular flexibility index (Phi) is 2.47. The molecule has 2 fully saturated rings. The number of hydrogen-bond acceptors (Lipinski definition) is 2. The van der Waals surface area contributed by atoms with Gasteiger partial charge in [-0.05, 0) is 73.2 Å². The minimum atomic E-state index is 0.594. The molecule has 19 heavy (non-hydrogen) atoms. The van der Waals surface area contributed by atoms with Crippen LogP contribution in [0.15, 0.2) is 18.2 Å². The Labute approximate surface area is 115 Å². The van der Waals surface area contributed by atoms with Crippen molar-refractivity contribution >= 4 is 0 Å². The third kappa shape index (κ3) is 1.53. The lowest BCUT2D eigenvalue weighted by Crippen LogP contribution is -2.36. The summed E-state index contributed by atoms with van der Waals surface area (Å²) in [5.41, 5.74) is 3.77. The van der Waals surface area contributed by atoms with Gasteiger partial charge in [0.25, 0.3) is 0 Å². The monoisotopic (exact) mass is 257 g/mol. The molecule has 1 heterocycles. The zero-order valence-corrected chi connectivity index (χ0v) is 12.0. The lowest BCUT2D eigenvalue weighted by molar-refractivity contribution is 0.189. The maximum atomic E-state index is 5.39. The molecular weight excluding hydrogens is 234 g/mol. The lowest BCUT2D eigenvalue weighted by Gasteiger charge is -2.41. The van der Waals surface area contributed by atoms with Gasteiger partial charge in [0, 0.05) is 13.1 Å². The van der Waals surface area contributed by atoms with Gasteiger partial charge in [-0.3, -0.25) is 0 Å². The van der Waals surface area contributed by atoms with Gasteiger partial charge in [-0.25, -0.2) is 0 Å². The van der Waals surface area contributed by atoms with Gasteiger partial charge in [-0.15, -0.1) is 0 Å². The van der Waals surface area contributed by atoms with E-state index in [-0.39, 0.29) is 0 Å². The van der Waals surface area contributed by atoms with Gasteiger partial charge in [0.1, 0.15) is 5.75 Å². The third-order valence-corrected chi connectivity index (χ3v) is 5.99. The maximum Gasteiger partial charge on any atom is 0.119 e. The van der Waals surface area contributed by atoms with Crippen LogP contribution >= 0.6 is 0 Å². The molecule has 0 unspecified atom stereocenters. The molecule has 3 aliphatic rings. The van der Waals surface area contributed by atoms with E-state index in [9.17, 15) is 0 Å². The fourth-order valence-corrected chi connectivity index (χ4v) is 5.24. The van der Waals surface area contributed by atoms with Crippen LogP contribution in [-0.2, 0) is 6.42 Å². The first-order chi connectivity index (χ1) is 9.23. The maximum absolute atomic E-state index is 5.39. The minimum Gasteiger partial charge on any atom is -0.497 e. The standard InChI is InChI=1S/C17H23NO/c1-18-10-13-3-6-16-15-5-4-14(19-2)9-12(15)7-8-17(13,16)11-18/h4-5,9,13,16H,3,6-8,10-11H2,1-2H3/t13-,16+,17+/m1/s1. The average molecular weight is 257 g/mol. The zero-order valence-electron chi connectivity index (χ0n) is 12.0. The van der Waals surface area contributed by atoms with Crippen molar-refractivity contribution in [2.24, 2.45) is 11.3 Å². The largest absolute Gasteiger partial charge is 0.497 e. The number of aryl methyl sites for hydroxylation is 1. The van der Waals surface area contributed by atoms with Crippen LogP contribution in [0.25, 0.3) is 0 Å². The van der Waals surface area contributed by atoms with Crippen molar-refractivity contribution in [3.63, 3.8) is 0 Å². The molecule has 4 rings (SSSR count). The Hall–Kier alpha value is -1.02. The Morgan fingerprint density at radius 2 is 2.21 bits per heavy atom. The smallest absolute Gasteiger partial charge is 0.119 e. The summed E-state index contributed by atoms with van der Waals surface area (Å²) in [6.07, 6.45) is 5.46. The first-order valence-corrected chi connectivity index (χ1v) is 7.58. The highest BCUT2D eigenvalue weighted by atomic mass is 16.5. The number of hydrogen-bond donors (Lipinski definition) is 0. The van der Waals surface area contributed by atoms with Crippen molar-refractivity contribution in [1.82, 2.24) is 4.90 Å². The molecule has 0 amide bonds. The number of nitrogens with zero attached hydrogens (tertiary/aromatic N) is 1. The highest BCUT2D eigenvalue weighted by Gasteiger charge is 2.56. The molecule has 0 radical (unpaired) electrons. The quantitative estimate of drug-likeness (QED) is 0.766. The van der Waals surface area contributed by atoms with Crippen molar-refractivity contribution in [2.45, 2.75) is 31.6 Å². The van der Waals surface area contributed by atoms with Crippen LogP contribution < -0.4 is 4.74 Å². The highest BCUT2D eigenvalue weighted by Crippen LogP contribution is 2.61. The number of benzene rings is 1. The summed E-state index contributed by atoms with van der Waals surface area (Å²) in [4.78, 5) is 2.56. The molecule has 1 spiro atoms. The van der Waals surface area contributed by atoms with Gasteiger partial charge in [0.15, 0.2) is 0 Å². The summed E-state index contributed by atoms with van der Waals surface area (Å²) >= 11 is 0. The van der Waals surface area contributed by atoms with E-state index in [4.69, 9.17) is 4.74 Å². The molecule has 2 nitrogen and oxygen atoms in total. The lowest BCUT2D eigenvalue weighted by atomic mass is 9.63. The second kappa shape index (κ2) is 3.99. The molecule has 1 aliphatic heterocycles. The molecule has 1 saturated heterocycles. The SMILES string of the molecule is COc1ccc2c(c1)CC[C@]13CN(C)C[C@H]1CC[C@@H]23. The molecule has 1 aromatic carbocycles. The van der Waals surface area contributed by atoms with E-state index < -0.39 is 0 Å². The highest BCUT2D eigenvalue weighted by molar-refractivity contribution is 5.42. The Balaban J connectivity index is 1.76. The number of fused-ring (bicyclic) bond motifs is 2. The number of methoxy groups -OCH3 is 1. The normalized spacial score (nSPS) is 36.7. The van der Waals surface area contributed by atoms with Crippen LogP contribution in [0.5, 0.6) is 5.75 Å². The van der Waals surface area contributed by atoms with Gasteiger partial charge in [0.05, 0.1) is 7.11 Å². The molecule has 0 aromatic heterocycles. The summed E-state index contributed by atoms with van der Waals surface area (Å²) in [5, 5.41) is 0. The van der Waals surface area contributed by atoms with Crippen molar-refractivity contribution in [2.75, 3.05) is 27.2 Å². The summed E-state index contributed by atoms with van der Waals surface area (Å²) < 4.78 is 5.39. The van der Waals surface area contributed by atoms with E-state index in [0.717, 1.165) is 17.6 Å². The molecular formula is C17H23NO. The van der Waals surface area contributed by atoms with Crippen molar-refractivity contribution in [3.05, 3.63) is 29.3 Å². The Morgan fingerprint density at radius 1 is 1.32 bits per heavy atom. The van der Waals surface area contributed by atoms with E-state index in [1.807, 2.05) is 0 Å². The topological polar surface area (TPSA) is 12.5 Å². The fraction of sp³-hybridized carbons (Fsp3) is 0.647. The molecule has 102 valence electrons. The first kappa shape index (κ1) is 11.8. The molecule has 2 heteroatoms. The van der Waals surface area contributed by atoms with Gasteiger partial charge in [-0.1, -0.05) is 6.07 Å². The van der Waals surface area contributed by atoms with E-state index in [2.05, 4.69) is 30.1 Å². The van der Waals surface area contributed by atoms with E-state index in [1.54, 1.807) is 18.2 Å². The summed E-state index contributed by atoms with van der Waals surface area (Å²) in [6, 6.07) is 6.78. The number of rotatable bonds is 1. The van der Waals surface area contributed by atoms with Crippen LogP contribution in [0.2, 0.25) is 0 Å². The molecule has 1 aromatic rings. The van der Waals surface area contributed by atoms with Crippen LogP contribution in [0, 0.1) is 11.3 Å². The van der Waals surface area contributed by atoms with E-state index in [1.165, 1.54) is 38.8 Å². The van der Waals surface area contributed by atoms with Crippen LogP contribution in [0.1, 0.15) is 36.3 Å². The van der Waals surface area contributed by atoms with Gasteiger partial charge in [0.2, 0.25) is 0 Å². The molecule has 2 aliphatic carbocycles. The van der Waals surface area contributed by atoms with Gasteiger partial charge < -0.3 is 9.64 Å². The van der Waals surface area contributed by atoms with E-state index in [0.29, 0.717) is 5.41 Å². The Morgan fingerprint density at radius 3 is 3.05 bits per heavy atom. The number of ether oxygens (including phenoxy) is 1. The van der Waals surface area contributed by atoms with Crippen molar-refractivity contribution in [3.8, 4) is 5.75 Å². The number of likely N-dealkylation sites (tertiary alicyclic amines) is 1. The molecule has 0 N–H and O–H groups in total. The first-order valence-electron chi connectivity index (χ1n) is 7.58. The molecule has 0 bridgehead atoms. The molecule has 1 saturated carbocycles. The van der Waals surface area contributed by atoms with Crippen LogP contribution in [-0.4, -0.2) is 32.1 Å². The second-order valence-corrected chi connectivity index (χ2v) is 6.82. The predicted octanol–water partition coefficient (Wildman–Crippen LogP) is 3.07. The zero-order chi connectivity index (χ0) is 13.0. The fourth-order valence-electron chi connectivity index (χ4n) is 5.24. The predicted molar refractivity (Wildman–Crippen MR) is 76.7 cm³/mol. The minimum absolute atomic E-state index is 0.594. The van der Waals surface area contributed by atoms with E-state index >= 15 is 0 Å². The third-order valence-electron chi connectivity index (χ3n) is 5.99. The van der Waals surface area contributed by atoms with Crippen LogP contribution in [0.4, 0.5) is 0 Å². The summed E-state index contributed by atoms with van der Waals surface area (Å²) in [5.74, 6) is 2.77. The summed E-state index contributed by atoms with van der Waals surface area (Å²) in [7, 11) is 4.07. The van der Waals surface area contributed by atoms with Crippen molar-refractivity contribution < 1.29 is 4.74 Å². The Bertz CT molecular complexity index is 512. The van der Waals surface area contributed by atoms with Crippen molar-refractivity contribution in [1.29, 1.82) is 0 Å². The van der Waals surface area contributed by atoms with Gasteiger partial charge >= 0.3 is 0 Å². The average Bonchev–Trinajstić information content (AvgIpc) is 2.91. The molecule has 3 atom stereocenters.